The van der Waals surface area contributed by atoms with Crippen molar-refractivity contribution in [2.45, 2.75) is 12.5 Å². The van der Waals surface area contributed by atoms with Gasteiger partial charge in [-0.1, -0.05) is 5.92 Å². The highest BCUT2D eigenvalue weighted by Gasteiger charge is 2.20. The van der Waals surface area contributed by atoms with Crippen LogP contribution in [0.15, 0.2) is 0 Å². The first-order chi connectivity index (χ1) is 6.22. The molecule has 13 heavy (non-hydrogen) atoms. The highest BCUT2D eigenvalue weighted by atomic mass is 16.2. The Kier molecular flexibility index (Phi) is 3.74. The second kappa shape index (κ2) is 4.85. The van der Waals surface area contributed by atoms with E-state index in [0.29, 0.717) is 13.1 Å². The topological polar surface area (TPSA) is 58.4 Å². The standard InChI is InChI=1S/C9H15N3O/c1-2-4-11-9(13)7-12-5-3-8(10)6-12/h1,8H,3-7,10H2,(H,11,13)/t8-/m1/s1. The number of hydrogen-bond donors (Lipinski definition) is 2. The molecule has 72 valence electrons. The molecular formula is C9H15N3O. The summed E-state index contributed by atoms with van der Waals surface area (Å²) in [6.07, 6.45) is 5.98. The summed E-state index contributed by atoms with van der Waals surface area (Å²) in [5.74, 6) is 2.34. The summed E-state index contributed by atoms with van der Waals surface area (Å²) in [6, 6.07) is 0.223. The lowest BCUT2D eigenvalue weighted by atomic mass is 10.3. The van der Waals surface area contributed by atoms with Crippen molar-refractivity contribution < 1.29 is 4.79 Å². The van der Waals surface area contributed by atoms with E-state index < -0.39 is 0 Å². The van der Waals surface area contributed by atoms with Gasteiger partial charge in [-0.15, -0.1) is 6.42 Å². The Morgan fingerprint density at radius 2 is 2.54 bits per heavy atom. The smallest absolute Gasteiger partial charge is 0.234 e. The van der Waals surface area contributed by atoms with E-state index in [1.165, 1.54) is 0 Å². The number of nitrogens with two attached hydrogens (primary N) is 1. The fraction of sp³-hybridized carbons (Fsp3) is 0.667. The summed E-state index contributed by atoms with van der Waals surface area (Å²) in [6.45, 7) is 2.43. The SMILES string of the molecule is C#CCNC(=O)CN1CC[C@@H](N)C1. The van der Waals surface area contributed by atoms with E-state index in [1.807, 2.05) is 4.90 Å². The molecule has 0 aromatic rings. The zero-order valence-electron chi connectivity index (χ0n) is 7.62. The molecule has 0 spiro atoms. The predicted octanol–water partition coefficient (Wildman–Crippen LogP) is -1.23. The van der Waals surface area contributed by atoms with Gasteiger partial charge in [-0.25, -0.2) is 0 Å². The second-order valence-corrected chi connectivity index (χ2v) is 3.26. The average Bonchev–Trinajstić information content (AvgIpc) is 2.48. The molecule has 1 amide bonds. The highest BCUT2D eigenvalue weighted by molar-refractivity contribution is 5.78. The zero-order valence-corrected chi connectivity index (χ0v) is 7.62. The van der Waals surface area contributed by atoms with Crippen LogP contribution < -0.4 is 11.1 Å². The van der Waals surface area contributed by atoms with Crippen LogP contribution in [0.5, 0.6) is 0 Å². The second-order valence-electron chi connectivity index (χ2n) is 3.26. The van der Waals surface area contributed by atoms with Gasteiger partial charge in [-0.3, -0.25) is 9.69 Å². The van der Waals surface area contributed by atoms with Crippen LogP contribution in [0.3, 0.4) is 0 Å². The average molecular weight is 181 g/mol. The molecule has 0 aromatic heterocycles. The van der Waals surface area contributed by atoms with E-state index in [-0.39, 0.29) is 11.9 Å². The van der Waals surface area contributed by atoms with Gasteiger partial charge >= 0.3 is 0 Å². The summed E-state index contributed by atoms with van der Waals surface area (Å²) in [5, 5.41) is 2.62. The Morgan fingerprint density at radius 1 is 1.77 bits per heavy atom. The Hall–Kier alpha value is -1.05. The Bertz CT molecular complexity index is 221. The van der Waals surface area contributed by atoms with Crippen LogP contribution >= 0.6 is 0 Å². The minimum absolute atomic E-state index is 0.0212. The molecule has 1 heterocycles. The fourth-order valence-electron chi connectivity index (χ4n) is 1.41. The van der Waals surface area contributed by atoms with Gasteiger partial charge in [-0.05, 0) is 6.42 Å². The van der Waals surface area contributed by atoms with Gasteiger partial charge in [0.1, 0.15) is 0 Å². The molecule has 1 saturated heterocycles. The van der Waals surface area contributed by atoms with E-state index >= 15 is 0 Å². The van der Waals surface area contributed by atoms with Crippen LogP contribution in [0.4, 0.5) is 0 Å². The normalized spacial score (nSPS) is 22.6. The Balaban J connectivity index is 2.18. The maximum Gasteiger partial charge on any atom is 0.234 e. The molecule has 1 fully saturated rings. The van der Waals surface area contributed by atoms with Crippen LogP contribution in [0, 0.1) is 12.3 Å². The number of terminal acetylenes is 1. The summed E-state index contributed by atoms with van der Waals surface area (Å²) >= 11 is 0. The van der Waals surface area contributed by atoms with Gasteiger partial charge in [0.05, 0.1) is 13.1 Å². The van der Waals surface area contributed by atoms with Crippen molar-refractivity contribution in [3.63, 3.8) is 0 Å². The van der Waals surface area contributed by atoms with Gasteiger partial charge < -0.3 is 11.1 Å². The number of rotatable bonds is 3. The number of nitrogens with zero attached hydrogens (tertiary/aromatic N) is 1. The molecule has 0 bridgehead atoms. The molecule has 4 heteroatoms. The Morgan fingerprint density at radius 3 is 3.08 bits per heavy atom. The molecule has 1 rings (SSSR count). The quantitative estimate of drug-likeness (QED) is 0.536. The van der Waals surface area contributed by atoms with E-state index in [4.69, 9.17) is 12.2 Å². The zero-order chi connectivity index (χ0) is 9.68. The molecule has 1 aliphatic heterocycles. The minimum Gasteiger partial charge on any atom is -0.344 e. The number of hydrogen-bond acceptors (Lipinski definition) is 3. The number of carbonyl (C=O) groups is 1. The van der Waals surface area contributed by atoms with E-state index in [2.05, 4.69) is 11.2 Å². The number of likely N-dealkylation sites (tertiary alicyclic amines) is 1. The van der Waals surface area contributed by atoms with E-state index in [1.54, 1.807) is 0 Å². The van der Waals surface area contributed by atoms with E-state index in [0.717, 1.165) is 19.5 Å². The van der Waals surface area contributed by atoms with Gasteiger partial charge in [0.25, 0.3) is 0 Å². The lowest BCUT2D eigenvalue weighted by molar-refractivity contribution is -0.121. The summed E-state index contributed by atoms with van der Waals surface area (Å²) < 4.78 is 0. The lowest BCUT2D eigenvalue weighted by Gasteiger charge is -2.13. The molecule has 0 saturated carbocycles. The minimum atomic E-state index is -0.0212. The first kappa shape index (κ1) is 10.0. The molecule has 1 atom stereocenters. The van der Waals surface area contributed by atoms with Crippen LogP contribution in [0.25, 0.3) is 0 Å². The third kappa shape index (κ3) is 3.45. The van der Waals surface area contributed by atoms with Crippen LogP contribution in [0.2, 0.25) is 0 Å². The highest BCUT2D eigenvalue weighted by Crippen LogP contribution is 2.05. The summed E-state index contributed by atoms with van der Waals surface area (Å²) in [4.78, 5) is 13.2. The van der Waals surface area contributed by atoms with Crippen molar-refractivity contribution in [1.82, 2.24) is 10.2 Å². The molecule has 0 unspecified atom stereocenters. The number of carbonyl (C=O) groups excluding carboxylic acids is 1. The molecule has 0 aliphatic carbocycles. The van der Waals surface area contributed by atoms with Gasteiger partial charge in [-0.2, -0.15) is 0 Å². The van der Waals surface area contributed by atoms with Crippen LogP contribution in [-0.4, -0.2) is 43.0 Å². The van der Waals surface area contributed by atoms with Gasteiger partial charge in [0.15, 0.2) is 0 Å². The van der Waals surface area contributed by atoms with Crippen molar-refractivity contribution in [2.75, 3.05) is 26.2 Å². The first-order valence-electron chi connectivity index (χ1n) is 4.40. The lowest BCUT2D eigenvalue weighted by Crippen LogP contribution is -2.37. The van der Waals surface area contributed by atoms with E-state index in [9.17, 15) is 4.79 Å². The third-order valence-electron chi connectivity index (χ3n) is 2.06. The van der Waals surface area contributed by atoms with Crippen molar-refractivity contribution >= 4 is 5.91 Å². The summed E-state index contributed by atoms with van der Waals surface area (Å²) in [7, 11) is 0. The maximum absolute atomic E-state index is 11.2. The monoisotopic (exact) mass is 181 g/mol. The molecular weight excluding hydrogens is 166 g/mol. The van der Waals surface area contributed by atoms with Gasteiger partial charge in [0.2, 0.25) is 5.91 Å². The van der Waals surface area contributed by atoms with Crippen LogP contribution in [0.1, 0.15) is 6.42 Å². The first-order valence-corrected chi connectivity index (χ1v) is 4.40. The van der Waals surface area contributed by atoms with Crippen molar-refractivity contribution in [3.8, 4) is 12.3 Å². The van der Waals surface area contributed by atoms with Gasteiger partial charge in [0, 0.05) is 19.1 Å². The number of amides is 1. The molecule has 3 N–H and O–H groups in total. The fourth-order valence-corrected chi connectivity index (χ4v) is 1.41. The largest absolute Gasteiger partial charge is 0.344 e. The summed E-state index contributed by atoms with van der Waals surface area (Å²) in [5.41, 5.74) is 5.70. The third-order valence-corrected chi connectivity index (χ3v) is 2.06. The van der Waals surface area contributed by atoms with Crippen molar-refractivity contribution in [3.05, 3.63) is 0 Å². The molecule has 1 aliphatic rings. The molecule has 0 radical (unpaired) electrons. The number of nitrogens with one attached hydrogen (secondary N) is 1. The van der Waals surface area contributed by atoms with Crippen molar-refractivity contribution in [1.29, 1.82) is 0 Å². The maximum atomic E-state index is 11.2. The van der Waals surface area contributed by atoms with Crippen molar-refractivity contribution in [2.24, 2.45) is 5.73 Å². The molecule has 4 nitrogen and oxygen atoms in total. The predicted molar refractivity (Wildman–Crippen MR) is 50.9 cm³/mol. The Labute approximate surface area is 78.5 Å². The molecule has 0 aromatic carbocycles. The van der Waals surface area contributed by atoms with Crippen LogP contribution in [-0.2, 0) is 4.79 Å².